The molecule has 1 aliphatic heterocycles. The fraction of sp³-hybridized carbons (Fsp3) is 0.737. The molecule has 5 nitrogen and oxygen atoms in total. The smallest absolute Gasteiger partial charge is 0.188 e. The molecule has 148 valence electrons. The predicted molar refractivity (Wildman–Crippen MR) is 121 cm³/mol. The second kappa shape index (κ2) is 11.5. The number of halogens is 1. The van der Waals surface area contributed by atoms with Crippen LogP contribution in [0.5, 0.6) is 0 Å². The standard InChI is InChI=1S/C19H32N4OS.HI/c20-18(21-9-6-17-5-4-14-25-17)22-15-19(7-2-1-3-8-19)16-23-10-12-24-13-11-23;/h4-5,14H,1-3,6-13,15-16H2,(H3,20,21,22);1H. The van der Waals surface area contributed by atoms with Gasteiger partial charge in [-0.25, -0.2) is 0 Å². The maximum atomic E-state index is 6.13. The number of ether oxygens (including phenoxy) is 1. The molecule has 0 atom stereocenters. The first-order valence-electron chi connectivity index (χ1n) is 9.62. The summed E-state index contributed by atoms with van der Waals surface area (Å²) in [4.78, 5) is 8.68. The minimum Gasteiger partial charge on any atom is -0.379 e. The van der Waals surface area contributed by atoms with E-state index in [1.165, 1.54) is 37.0 Å². The molecule has 3 rings (SSSR count). The first-order chi connectivity index (χ1) is 12.3. The molecular formula is C19H33IN4OS. The Bertz CT molecular complexity index is 526. The molecule has 3 N–H and O–H groups in total. The molecule has 1 aromatic rings. The molecule has 2 aliphatic rings. The van der Waals surface area contributed by atoms with Crippen molar-refractivity contribution in [2.24, 2.45) is 16.1 Å². The number of aliphatic imine (C=N–C) groups is 1. The van der Waals surface area contributed by atoms with Crippen molar-refractivity contribution >= 4 is 41.3 Å². The number of hydrogen-bond donors (Lipinski definition) is 2. The number of morpholine rings is 1. The second-order valence-corrected chi connectivity index (χ2v) is 8.44. The SMILES string of the molecule is I.NC(=NCC1(CN2CCOCC2)CCCCC1)NCCc1cccs1. The third-order valence-electron chi connectivity index (χ3n) is 5.42. The molecule has 0 aromatic carbocycles. The van der Waals surface area contributed by atoms with Crippen LogP contribution in [-0.4, -0.2) is 56.8 Å². The number of nitrogens with zero attached hydrogens (tertiary/aromatic N) is 2. The van der Waals surface area contributed by atoms with Gasteiger partial charge >= 0.3 is 0 Å². The minimum atomic E-state index is 0. The number of hydrogen-bond acceptors (Lipinski definition) is 4. The molecule has 0 unspecified atom stereocenters. The van der Waals surface area contributed by atoms with E-state index in [9.17, 15) is 0 Å². The molecule has 2 heterocycles. The Kier molecular flexibility index (Phi) is 9.66. The quantitative estimate of drug-likeness (QED) is 0.349. The fourth-order valence-electron chi connectivity index (χ4n) is 3.98. The Morgan fingerprint density at radius 2 is 2.04 bits per heavy atom. The predicted octanol–water partition coefficient (Wildman–Crippen LogP) is 3.10. The Morgan fingerprint density at radius 3 is 2.73 bits per heavy atom. The number of guanidine groups is 1. The normalized spacial score (nSPS) is 21.2. The van der Waals surface area contributed by atoms with Crippen molar-refractivity contribution in [1.82, 2.24) is 10.2 Å². The van der Waals surface area contributed by atoms with Crippen LogP contribution in [0.4, 0.5) is 0 Å². The second-order valence-electron chi connectivity index (χ2n) is 7.41. The van der Waals surface area contributed by atoms with Crippen molar-refractivity contribution in [3.8, 4) is 0 Å². The van der Waals surface area contributed by atoms with Gasteiger partial charge in [-0.1, -0.05) is 25.3 Å². The van der Waals surface area contributed by atoms with Gasteiger partial charge in [0.15, 0.2) is 5.96 Å². The monoisotopic (exact) mass is 492 g/mol. The van der Waals surface area contributed by atoms with Crippen LogP contribution in [-0.2, 0) is 11.2 Å². The zero-order chi connectivity index (χ0) is 17.4. The van der Waals surface area contributed by atoms with E-state index in [4.69, 9.17) is 15.5 Å². The van der Waals surface area contributed by atoms with E-state index >= 15 is 0 Å². The topological polar surface area (TPSA) is 62.9 Å². The van der Waals surface area contributed by atoms with Gasteiger partial charge in [0, 0.05) is 43.0 Å². The zero-order valence-corrected chi connectivity index (χ0v) is 18.8. The average molecular weight is 492 g/mol. The van der Waals surface area contributed by atoms with Gasteiger partial charge in [-0.3, -0.25) is 9.89 Å². The Labute approximate surface area is 178 Å². The van der Waals surface area contributed by atoms with Crippen LogP contribution in [0.15, 0.2) is 22.5 Å². The van der Waals surface area contributed by atoms with Gasteiger partial charge in [0.1, 0.15) is 0 Å². The number of nitrogens with one attached hydrogen (secondary N) is 1. The van der Waals surface area contributed by atoms with E-state index in [1.807, 2.05) is 0 Å². The van der Waals surface area contributed by atoms with Crippen LogP contribution in [0, 0.1) is 5.41 Å². The molecule has 0 spiro atoms. The summed E-state index contributed by atoms with van der Waals surface area (Å²) in [6.07, 6.45) is 7.57. The van der Waals surface area contributed by atoms with Crippen molar-refractivity contribution in [3.63, 3.8) is 0 Å². The highest BCUT2D eigenvalue weighted by Crippen LogP contribution is 2.37. The maximum Gasteiger partial charge on any atom is 0.188 e. The summed E-state index contributed by atoms with van der Waals surface area (Å²) in [6, 6.07) is 4.26. The number of nitrogens with two attached hydrogens (primary N) is 1. The first kappa shape index (κ1) is 21.9. The minimum absolute atomic E-state index is 0. The van der Waals surface area contributed by atoms with Crippen molar-refractivity contribution in [1.29, 1.82) is 0 Å². The molecule has 1 saturated carbocycles. The van der Waals surface area contributed by atoms with Crippen LogP contribution in [0.3, 0.4) is 0 Å². The van der Waals surface area contributed by atoms with E-state index in [2.05, 4.69) is 27.7 Å². The van der Waals surface area contributed by atoms with Crippen LogP contribution in [0.1, 0.15) is 37.0 Å². The van der Waals surface area contributed by atoms with E-state index in [1.54, 1.807) is 11.3 Å². The van der Waals surface area contributed by atoms with E-state index < -0.39 is 0 Å². The van der Waals surface area contributed by atoms with Crippen LogP contribution < -0.4 is 11.1 Å². The van der Waals surface area contributed by atoms with Gasteiger partial charge < -0.3 is 15.8 Å². The number of thiophene rings is 1. The lowest BCUT2D eigenvalue weighted by Gasteiger charge is -2.41. The third-order valence-corrected chi connectivity index (χ3v) is 6.36. The molecular weight excluding hydrogens is 459 g/mol. The molecule has 1 saturated heterocycles. The molecule has 26 heavy (non-hydrogen) atoms. The average Bonchev–Trinajstić information content (AvgIpc) is 3.15. The Hall–Kier alpha value is -0.380. The molecule has 7 heteroatoms. The van der Waals surface area contributed by atoms with E-state index in [0.29, 0.717) is 11.4 Å². The molecule has 0 radical (unpaired) electrons. The van der Waals surface area contributed by atoms with Crippen LogP contribution in [0.2, 0.25) is 0 Å². The van der Waals surface area contributed by atoms with Crippen LogP contribution >= 0.6 is 35.3 Å². The highest BCUT2D eigenvalue weighted by atomic mass is 127. The fourth-order valence-corrected chi connectivity index (χ4v) is 4.69. The highest BCUT2D eigenvalue weighted by Gasteiger charge is 2.34. The molecule has 0 amide bonds. The lowest BCUT2D eigenvalue weighted by Crippen LogP contribution is -2.46. The lowest BCUT2D eigenvalue weighted by molar-refractivity contribution is 0.00939. The zero-order valence-electron chi connectivity index (χ0n) is 15.6. The summed E-state index contributed by atoms with van der Waals surface area (Å²) in [6.45, 7) is 6.69. The van der Waals surface area contributed by atoms with E-state index in [-0.39, 0.29) is 24.0 Å². The van der Waals surface area contributed by atoms with Crippen molar-refractivity contribution in [3.05, 3.63) is 22.4 Å². The largest absolute Gasteiger partial charge is 0.379 e. The van der Waals surface area contributed by atoms with Crippen molar-refractivity contribution in [2.45, 2.75) is 38.5 Å². The maximum absolute atomic E-state index is 6.13. The Morgan fingerprint density at radius 1 is 1.27 bits per heavy atom. The number of rotatable bonds is 7. The van der Waals surface area contributed by atoms with Crippen LogP contribution in [0.25, 0.3) is 0 Å². The molecule has 1 aliphatic carbocycles. The summed E-state index contributed by atoms with van der Waals surface area (Å²) >= 11 is 1.79. The summed E-state index contributed by atoms with van der Waals surface area (Å²) < 4.78 is 5.50. The lowest BCUT2D eigenvalue weighted by atomic mass is 9.73. The van der Waals surface area contributed by atoms with Crippen molar-refractivity contribution < 1.29 is 4.74 Å². The summed E-state index contributed by atoms with van der Waals surface area (Å²) in [5.74, 6) is 0.600. The van der Waals surface area contributed by atoms with Gasteiger partial charge in [0.05, 0.1) is 13.2 Å². The Balaban J connectivity index is 0.00000243. The van der Waals surface area contributed by atoms with Gasteiger partial charge in [0.2, 0.25) is 0 Å². The van der Waals surface area contributed by atoms with Gasteiger partial charge in [-0.05, 0) is 30.7 Å². The van der Waals surface area contributed by atoms with E-state index in [0.717, 1.165) is 52.4 Å². The van der Waals surface area contributed by atoms with Gasteiger partial charge in [-0.15, -0.1) is 35.3 Å². The molecule has 1 aromatic heterocycles. The van der Waals surface area contributed by atoms with Gasteiger partial charge in [0.25, 0.3) is 0 Å². The summed E-state index contributed by atoms with van der Waals surface area (Å²) in [5.41, 5.74) is 6.43. The van der Waals surface area contributed by atoms with Crippen molar-refractivity contribution in [2.75, 3.05) is 45.9 Å². The summed E-state index contributed by atoms with van der Waals surface area (Å²) in [5, 5.41) is 5.40. The summed E-state index contributed by atoms with van der Waals surface area (Å²) in [7, 11) is 0. The molecule has 0 bridgehead atoms. The molecule has 2 fully saturated rings. The van der Waals surface area contributed by atoms with Gasteiger partial charge in [-0.2, -0.15) is 0 Å². The third kappa shape index (κ3) is 6.98. The first-order valence-corrected chi connectivity index (χ1v) is 10.5. The highest BCUT2D eigenvalue weighted by molar-refractivity contribution is 14.0.